The summed E-state index contributed by atoms with van der Waals surface area (Å²) in [7, 11) is 0. The summed E-state index contributed by atoms with van der Waals surface area (Å²) in [6.45, 7) is 7.42. The van der Waals surface area contributed by atoms with Gasteiger partial charge in [-0.25, -0.2) is 10.1 Å². The third kappa shape index (κ3) is 3.42. The van der Waals surface area contributed by atoms with Crippen molar-refractivity contribution in [2.45, 2.75) is 40.3 Å². The van der Waals surface area contributed by atoms with Crippen LogP contribution in [0.2, 0.25) is 5.02 Å². The summed E-state index contributed by atoms with van der Waals surface area (Å²) in [4.78, 5) is 12.1. The Labute approximate surface area is 138 Å². The SMILES string of the molecule is CCn1ncc(C=NNC(=O)C(C)n2nc(C)c(Cl)c2C)c1F. The molecule has 1 atom stereocenters. The van der Waals surface area contributed by atoms with Crippen LogP contribution >= 0.6 is 11.6 Å². The summed E-state index contributed by atoms with van der Waals surface area (Å²) in [6.07, 6.45) is 2.56. The first-order valence-corrected chi connectivity index (χ1v) is 7.50. The molecule has 0 saturated carbocycles. The highest BCUT2D eigenvalue weighted by Gasteiger charge is 2.20. The number of nitrogens with one attached hydrogen (secondary N) is 1. The van der Waals surface area contributed by atoms with Crippen LogP contribution in [0, 0.1) is 19.8 Å². The molecule has 0 aliphatic heterocycles. The number of hydrogen-bond donors (Lipinski definition) is 1. The third-order valence-corrected chi connectivity index (χ3v) is 4.01. The Morgan fingerprint density at radius 2 is 2.26 bits per heavy atom. The lowest BCUT2D eigenvalue weighted by Gasteiger charge is -2.12. The van der Waals surface area contributed by atoms with Crippen LogP contribution in [0.15, 0.2) is 11.3 Å². The van der Waals surface area contributed by atoms with Crippen molar-refractivity contribution in [2.24, 2.45) is 5.10 Å². The molecule has 0 fully saturated rings. The molecule has 0 spiro atoms. The summed E-state index contributed by atoms with van der Waals surface area (Å²) in [5.41, 5.74) is 3.92. The number of aryl methyl sites for hydroxylation is 2. The summed E-state index contributed by atoms with van der Waals surface area (Å²) in [5, 5.41) is 12.4. The van der Waals surface area contributed by atoms with Crippen molar-refractivity contribution >= 4 is 23.7 Å². The van der Waals surface area contributed by atoms with Crippen molar-refractivity contribution in [3.63, 3.8) is 0 Å². The van der Waals surface area contributed by atoms with E-state index in [1.54, 1.807) is 27.7 Å². The number of amides is 1. The molecule has 2 aromatic rings. The molecule has 2 rings (SSSR count). The lowest BCUT2D eigenvalue weighted by atomic mass is 10.3. The standard InChI is InChI=1S/C14H18ClFN6O/c1-5-21-13(16)11(7-18-21)6-17-19-14(23)10(4)22-9(3)12(15)8(2)20-22/h6-7,10H,5H2,1-4H3,(H,19,23). The number of hydrazone groups is 1. The van der Waals surface area contributed by atoms with Gasteiger partial charge in [-0.1, -0.05) is 11.6 Å². The zero-order valence-corrected chi connectivity index (χ0v) is 14.1. The van der Waals surface area contributed by atoms with Crippen molar-refractivity contribution in [3.8, 4) is 0 Å². The Bertz CT molecular complexity index is 751. The first-order valence-electron chi connectivity index (χ1n) is 7.12. The van der Waals surface area contributed by atoms with Crippen LogP contribution in [-0.2, 0) is 11.3 Å². The Morgan fingerprint density at radius 3 is 2.78 bits per heavy atom. The number of nitrogens with zero attached hydrogens (tertiary/aromatic N) is 5. The van der Waals surface area contributed by atoms with E-state index in [2.05, 4.69) is 20.7 Å². The van der Waals surface area contributed by atoms with Gasteiger partial charge in [-0.15, -0.1) is 0 Å². The Kier molecular flexibility index (Phi) is 5.15. The van der Waals surface area contributed by atoms with Crippen molar-refractivity contribution < 1.29 is 9.18 Å². The minimum atomic E-state index is -0.596. The fraction of sp³-hybridized carbons (Fsp3) is 0.429. The second-order valence-electron chi connectivity index (χ2n) is 5.05. The average Bonchev–Trinajstić information content (AvgIpc) is 3.01. The number of carbonyl (C=O) groups excluding carboxylic acids is 1. The van der Waals surface area contributed by atoms with Crippen LogP contribution in [0.5, 0.6) is 0 Å². The molecule has 23 heavy (non-hydrogen) atoms. The fourth-order valence-corrected chi connectivity index (χ4v) is 2.21. The molecule has 2 heterocycles. The van der Waals surface area contributed by atoms with Gasteiger partial charge in [0.25, 0.3) is 5.91 Å². The van der Waals surface area contributed by atoms with Gasteiger partial charge >= 0.3 is 0 Å². The molecule has 0 aliphatic carbocycles. The number of hydrogen-bond acceptors (Lipinski definition) is 4. The van der Waals surface area contributed by atoms with E-state index in [9.17, 15) is 9.18 Å². The van der Waals surface area contributed by atoms with E-state index in [1.807, 2.05) is 0 Å². The molecule has 124 valence electrons. The van der Waals surface area contributed by atoms with Crippen LogP contribution in [0.4, 0.5) is 4.39 Å². The van der Waals surface area contributed by atoms with Crippen molar-refractivity contribution in [3.05, 3.63) is 34.1 Å². The van der Waals surface area contributed by atoms with E-state index in [4.69, 9.17) is 11.6 Å². The van der Waals surface area contributed by atoms with Gasteiger partial charge < -0.3 is 0 Å². The zero-order valence-electron chi connectivity index (χ0n) is 13.3. The highest BCUT2D eigenvalue weighted by atomic mass is 35.5. The molecular weight excluding hydrogens is 323 g/mol. The van der Waals surface area contributed by atoms with E-state index < -0.39 is 12.0 Å². The average molecular weight is 341 g/mol. The van der Waals surface area contributed by atoms with E-state index in [1.165, 1.54) is 21.8 Å². The molecule has 1 amide bonds. The monoisotopic (exact) mass is 340 g/mol. The van der Waals surface area contributed by atoms with E-state index in [-0.39, 0.29) is 11.5 Å². The number of halogens is 2. The van der Waals surface area contributed by atoms with Gasteiger partial charge in [0.2, 0.25) is 5.95 Å². The van der Waals surface area contributed by atoms with Crippen LogP contribution in [-0.4, -0.2) is 31.7 Å². The Morgan fingerprint density at radius 1 is 1.57 bits per heavy atom. The normalized spacial score (nSPS) is 12.8. The Balaban J connectivity index is 2.05. The molecule has 1 N–H and O–H groups in total. The summed E-state index contributed by atoms with van der Waals surface area (Å²) < 4.78 is 16.5. The topological polar surface area (TPSA) is 77.1 Å². The van der Waals surface area contributed by atoms with Crippen molar-refractivity contribution in [1.82, 2.24) is 25.0 Å². The second kappa shape index (κ2) is 6.91. The number of rotatable bonds is 5. The van der Waals surface area contributed by atoms with Crippen LogP contribution in [0.25, 0.3) is 0 Å². The van der Waals surface area contributed by atoms with E-state index in [0.29, 0.717) is 23.0 Å². The first-order chi connectivity index (χ1) is 10.9. The van der Waals surface area contributed by atoms with E-state index >= 15 is 0 Å². The van der Waals surface area contributed by atoms with Gasteiger partial charge in [0.05, 0.1) is 34.4 Å². The highest BCUT2D eigenvalue weighted by molar-refractivity contribution is 6.31. The summed E-state index contributed by atoms with van der Waals surface area (Å²) in [5.74, 6) is -0.879. The maximum atomic E-state index is 13.7. The van der Waals surface area contributed by atoms with Gasteiger partial charge in [-0.05, 0) is 27.7 Å². The predicted molar refractivity (Wildman–Crippen MR) is 85.0 cm³/mol. The quantitative estimate of drug-likeness (QED) is 0.669. The van der Waals surface area contributed by atoms with Crippen molar-refractivity contribution in [1.29, 1.82) is 0 Å². The second-order valence-corrected chi connectivity index (χ2v) is 5.42. The maximum Gasteiger partial charge on any atom is 0.264 e. The fourth-order valence-electron chi connectivity index (χ4n) is 2.08. The molecule has 1 unspecified atom stereocenters. The van der Waals surface area contributed by atoms with Crippen molar-refractivity contribution in [2.75, 3.05) is 0 Å². The first kappa shape index (κ1) is 17.1. The molecule has 9 heteroatoms. The highest BCUT2D eigenvalue weighted by Crippen LogP contribution is 2.22. The molecule has 7 nitrogen and oxygen atoms in total. The lowest BCUT2D eigenvalue weighted by molar-refractivity contribution is -0.124. The van der Waals surface area contributed by atoms with Gasteiger partial charge in [0, 0.05) is 6.54 Å². The van der Waals surface area contributed by atoms with Crippen LogP contribution in [0.3, 0.4) is 0 Å². The molecule has 0 aliphatic rings. The molecule has 2 aromatic heterocycles. The number of carbonyl (C=O) groups is 1. The van der Waals surface area contributed by atoms with Crippen LogP contribution < -0.4 is 5.43 Å². The molecule has 0 aromatic carbocycles. The summed E-state index contributed by atoms with van der Waals surface area (Å²) >= 11 is 6.07. The van der Waals surface area contributed by atoms with Gasteiger partial charge in [-0.3, -0.25) is 9.48 Å². The maximum absolute atomic E-state index is 13.7. The zero-order chi connectivity index (χ0) is 17.1. The van der Waals surface area contributed by atoms with E-state index in [0.717, 1.165) is 0 Å². The van der Waals surface area contributed by atoms with Crippen LogP contribution in [0.1, 0.15) is 36.8 Å². The number of aromatic nitrogens is 4. The lowest BCUT2D eigenvalue weighted by Crippen LogP contribution is -2.28. The molecule has 0 radical (unpaired) electrons. The summed E-state index contributed by atoms with van der Waals surface area (Å²) in [6, 6.07) is -0.596. The molecule has 0 bridgehead atoms. The Hall–Kier alpha value is -2.22. The third-order valence-electron chi connectivity index (χ3n) is 3.46. The van der Waals surface area contributed by atoms with Gasteiger partial charge in [-0.2, -0.15) is 19.7 Å². The minimum Gasteiger partial charge on any atom is -0.271 e. The minimum absolute atomic E-state index is 0.203. The smallest absolute Gasteiger partial charge is 0.264 e. The predicted octanol–water partition coefficient (Wildman–Crippen LogP) is 2.22. The largest absolute Gasteiger partial charge is 0.271 e. The van der Waals surface area contributed by atoms with Gasteiger partial charge in [0.15, 0.2) is 0 Å². The molecular formula is C14H18ClFN6O. The van der Waals surface area contributed by atoms with Gasteiger partial charge in [0.1, 0.15) is 6.04 Å². The molecule has 0 saturated heterocycles.